The van der Waals surface area contributed by atoms with E-state index in [1.54, 1.807) is 18.2 Å². The zero-order valence-electron chi connectivity index (χ0n) is 10.8. The molecule has 0 aromatic heterocycles. The van der Waals surface area contributed by atoms with Crippen molar-refractivity contribution >= 4 is 11.6 Å². The maximum Gasteiger partial charge on any atom is 0.257 e. The molecular weight excluding hydrogens is 232 g/mol. The SMILES string of the molecule is COc1cccc(N)c1C(=O)NC(C)CCCO. The van der Waals surface area contributed by atoms with Gasteiger partial charge in [-0.2, -0.15) is 0 Å². The molecule has 1 unspecified atom stereocenters. The lowest BCUT2D eigenvalue weighted by atomic mass is 10.1. The third kappa shape index (κ3) is 3.63. The Morgan fingerprint density at radius 2 is 2.28 bits per heavy atom. The van der Waals surface area contributed by atoms with Gasteiger partial charge in [0.05, 0.1) is 7.11 Å². The second kappa shape index (κ2) is 6.86. The molecule has 1 amide bonds. The molecule has 0 bridgehead atoms. The van der Waals surface area contributed by atoms with E-state index in [0.717, 1.165) is 6.42 Å². The number of carbonyl (C=O) groups is 1. The van der Waals surface area contributed by atoms with Gasteiger partial charge in [-0.05, 0) is 31.9 Å². The first kappa shape index (κ1) is 14.3. The molecule has 0 saturated carbocycles. The molecular formula is C13H20N2O3. The van der Waals surface area contributed by atoms with Crippen LogP contribution in [0.1, 0.15) is 30.1 Å². The molecule has 0 aliphatic rings. The van der Waals surface area contributed by atoms with Gasteiger partial charge < -0.3 is 20.9 Å². The van der Waals surface area contributed by atoms with Crippen molar-refractivity contribution in [2.24, 2.45) is 0 Å². The van der Waals surface area contributed by atoms with Gasteiger partial charge in [-0.3, -0.25) is 4.79 Å². The average Bonchev–Trinajstić information content (AvgIpc) is 2.35. The highest BCUT2D eigenvalue weighted by atomic mass is 16.5. The first-order valence-electron chi connectivity index (χ1n) is 5.94. The van der Waals surface area contributed by atoms with E-state index in [-0.39, 0.29) is 18.6 Å². The van der Waals surface area contributed by atoms with Crippen molar-refractivity contribution in [2.45, 2.75) is 25.8 Å². The summed E-state index contributed by atoms with van der Waals surface area (Å²) in [5, 5.41) is 11.6. The Hall–Kier alpha value is -1.75. The summed E-state index contributed by atoms with van der Waals surface area (Å²) in [5.41, 5.74) is 6.54. The number of nitrogens with one attached hydrogen (secondary N) is 1. The predicted octanol–water partition coefficient (Wildman–Crippen LogP) is 1.17. The van der Waals surface area contributed by atoms with Crippen molar-refractivity contribution in [3.8, 4) is 5.75 Å². The van der Waals surface area contributed by atoms with Crippen LogP contribution in [-0.4, -0.2) is 30.8 Å². The molecule has 1 atom stereocenters. The van der Waals surface area contributed by atoms with Crippen LogP contribution < -0.4 is 15.8 Å². The second-order valence-corrected chi connectivity index (χ2v) is 4.16. The molecule has 0 fully saturated rings. The van der Waals surface area contributed by atoms with Crippen LogP contribution >= 0.6 is 0 Å². The van der Waals surface area contributed by atoms with Gasteiger partial charge in [0.2, 0.25) is 0 Å². The van der Waals surface area contributed by atoms with Gasteiger partial charge in [-0.1, -0.05) is 6.07 Å². The summed E-state index contributed by atoms with van der Waals surface area (Å²) in [7, 11) is 1.50. The van der Waals surface area contributed by atoms with Gasteiger partial charge in [0.1, 0.15) is 11.3 Å². The molecule has 5 heteroatoms. The Kier molecular flexibility index (Phi) is 5.45. The molecule has 100 valence electrons. The number of carbonyl (C=O) groups excluding carboxylic acids is 1. The topological polar surface area (TPSA) is 84.6 Å². The number of ether oxygens (including phenoxy) is 1. The fraction of sp³-hybridized carbons (Fsp3) is 0.462. The van der Waals surface area contributed by atoms with Crippen molar-refractivity contribution in [1.82, 2.24) is 5.32 Å². The molecule has 1 aromatic carbocycles. The van der Waals surface area contributed by atoms with Crippen LogP contribution in [-0.2, 0) is 0 Å². The first-order chi connectivity index (χ1) is 8.60. The van der Waals surface area contributed by atoms with Crippen molar-refractivity contribution in [1.29, 1.82) is 0 Å². The minimum atomic E-state index is -0.254. The van der Waals surface area contributed by atoms with E-state index in [2.05, 4.69) is 5.32 Å². The molecule has 18 heavy (non-hydrogen) atoms. The lowest BCUT2D eigenvalue weighted by Crippen LogP contribution is -2.33. The number of aliphatic hydroxyl groups is 1. The minimum absolute atomic E-state index is 0.0195. The number of nitrogen functional groups attached to an aromatic ring is 1. The largest absolute Gasteiger partial charge is 0.496 e. The third-order valence-corrected chi connectivity index (χ3v) is 2.68. The van der Waals surface area contributed by atoms with Crippen molar-refractivity contribution < 1.29 is 14.6 Å². The van der Waals surface area contributed by atoms with Crippen LogP contribution in [0.5, 0.6) is 5.75 Å². The van der Waals surface area contributed by atoms with Crippen molar-refractivity contribution in [3.05, 3.63) is 23.8 Å². The summed E-state index contributed by atoms with van der Waals surface area (Å²) in [6, 6.07) is 5.08. The van der Waals surface area contributed by atoms with Gasteiger partial charge in [0, 0.05) is 18.3 Å². The molecule has 0 saturated heterocycles. The Balaban J connectivity index is 2.78. The van der Waals surface area contributed by atoms with E-state index in [9.17, 15) is 4.79 Å². The lowest BCUT2D eigenvalue weighted by molar-refractivity contribution is 0.0934. The minimum Gasteiger partial charge on any atom is -0.496 e. The zero-order valence-corrected chi connectivity index (χ0v) is 10.8. The number of aliphatic hydroxyl groups excluding tert-OH is 1. The lowest BCUT2D eigenvalue weighted by Gasteiger charge is -2.16. The Bertz CT molecular complexity index is 407. The highest BCUT2D eigenvalue weighted by molar-refractivity contribution is 6.02. The van der Waals surface area contributed by atoms with Gasteiger partial charge in [0.15, 0.2) is 0 Å². The monoisotopic (exact) mass is 252 g/mol. The normalized spacial score (nSPS) is 11.9. The molecule has 0 heterocycles. The first-order valence-corrected chi connectivity index (χ1v) is 5.94. The van der Waals surface area contributed by atoms with E-state index in [4.69, 9.17) is 15.6 Å². The Morgan fingerprint density at radius 1 is 1.56 bits per heavy atom. The highest BCUT2D eigenvalue weighted by Crippen LogP contribution is 2.24. The smallest absolute Gasteiger partial charge is 0.257 e. The summed E-state index contributed by atoms with van der Waals surface area (Å²) >= 11 is 0. The quantitative estimate of drug-likeness (QED) is 0.663. The predicted molar refractivity (Wildman–Crippen MR) is 70.7 cm³/mol. The number of hydrogen-bond acceptors (Lipinski definition) is 4. The van der Waals surface area contributed by atoms with Crippen LogP contribution in [0.4, 0.5) is 5.69 Å². The molecule has 0 aliphatic heterocycles. The fourth-order valence-corrected chi connectivity index (χ4v) is 1.73. The van der Waals surface area contributed by atoms with Crippen molar-refractivity contribution in [2.75, 3.05) is 19.5 Å². The molecule has 1 aromatic rings. The van der Waals surface area contributed by atoms with Gasteiger partial charge in [0.25, 0.3) is 5.91 Å². The van der Waals surface area contributed by atoms with Crippen LogP contribution in [0.2, 0.25) is 0 Å². The number of nitrogens with two attached hydrogens (primary N) is 1. The summed E-state index contributed by atoms with van der Waals surface area (Å²) in [4.78, 5) is 12.1. The number of methoxy groups -OCH3 is 1. The van der Waals surface area contributed by atoms with Gasteiger partial charge >= 0.3 is 0 Å². The van der Waals surface area contributed by atoms with E-state index < -0.39 is 0 Å². The number of rotatable bonds is 6. The maximum absolute atomic E-state index is 12.1. The Labute approximate surface area is 107 Å². The summed E-state index contributed by atoms with van der Waals surface area (Å²) in [5.74, 6) is 0.206. The number of benzene rings is 1. The molecule has 0 aliphatic carbocycles. The molecule has 4 N–H and O–H groups in total. The Morgan fingerprint density at radius 3 is 2.89 bits per heavy atom. The van der Waals surface area contributed by atoms with E-state index >= 15 is 0 Å². The number of anilines is 1. The summed E-state index contributed by atoms with van der Waals surface area (Å²) < 4.78 is 5.13. The maximum atomic E-state index is 12.1. The third-order valence-electron chi connectivity index (χ3n) is 2.68. The van der Waals surface area contributed by atoms with Crippen LogP contribution in [0.25, 0.3) is 0 Å². The van der Waals surface area contributed by atoms with Gasteiger partial charge in [-0.15, -0.1) is 0 Å². The van der Waals surface area contributed by atoms with E-state index in [1.807, 2.05) is 6.92 Å². The van der Waals surface area contributed by atoms with E-state index in [1.165, 1.54) is 7.11 Å². The second-order valence-electron chi connectivity index (χ2n) is 4.16. The molecule has 0 radical (unpaired) electrons. The van der Waals surface area contributed by atoms with E-state index in [0.29, 0.717) is 23.4 Å². The van der Waals surface area contributed by atoms with Crippen LogP contribution in [0, 0.1) is 0 Å². The van der Waals surface area contributed by atoms with Crippen LogP contribution in [0.3, 0.4) is 0 Å². The number of hydrogen-bond donors (Lipinski definition) is 3. The fourth-order valence-electron chi connectivity index (χ4n) is 1.73. The van der Waals surface area contributed by atoms with Crippen molar-refractivity contribution in [3.63, 3.8) is 0 Å². The standard InChI is InChI=1S/C13H20N2O3/c1-9(5-4-8-16)15-13(17)12-10(14)6-3-7-11(12)18-2/h3,6-7,9,16H,4-5,8,14H2,1-2H3,(H,15,17). The summed E-state index contributed by atoms with van der Waals surface area (Å²) in [6.45, 7) is 2.01. The van der Waals surface area contributed by atoms with Crippen LogP contribution in [0.15, 0.2) is 18.2 Å². The zero-order chi connectivity index (χ0) is 13.5. The van der Waals surface area contributed by atoms with Gasteiger partial charge in [-0.25, -0.2) is 0 Å². The molecule has 5 nitrogen and oxygen atoms in total. The number of amides is 1. The average molecular weight is 252 g/mol. The molecule has 0 spiro atoms. The summed E-state index contributed by atoms with van der Waals surface area (Å²) in [6.07, 6.45) is 1.38. The molecule has 1 rings (SSSR count). The highest BCUT2D eigenvalue weighted by Gasteiger charge is 2.17.